The van der Waals surface area contributed by atoms with Crippen LogP contribution in [0.15, 0.2) is 35.7 Å². The highest BCUT2D eigenvalue weighted by Gasteiger charge is 2.25. The highest BCUT2D eigenvalue weighted by atomic mass is 32.1. The van der Waals surface area contributed by atoms with Crippen LogP contribution >= 0.6 is 11.3 Å². The van der Waals surface area contributed by atoms with Crippen LogP contribution in [0.4, 0.5) is 0 Å². The number of carbonyl (C=O) groups is 1. The number of amides is 1. The lowest BCUT2D eigenvalue weighted by Crippen LogP contribution is -2.48. The summed E-state index contributed by atoms with van der Waals surface area (Å²) in [5, 5.41) is 3.31. The molecule has 2 fully saturated rings. The number of benzene rings is 1. The van der Waals surface area contributed by atoms with Gasteiger partial charge in [0.05, 0.1) is 12.2 Å². The first kappa shape index (κ1) is 17.7. The quantitative estimate of drug-likeness (QED) is 0.798. The van der Waals surface area contributed by atoms with Crippen LogP contribution in [-0.2, 0) is 11.3 Å². The minimum absolute atomic E-state index is 0.372. The third-order valence-corrected chi connectivity index (χ3v) is 6.48. The SMILES string of the molecule is O=C(CC1CCCC1)N1CCN(Cc2nc(-c3ccccc3)cs2)CC1. The van der Waals surface area contributed by atoms with Crippen LogP contribution in [0.1, 0.15) is 37.1 Å². The third-order valence-electron chi connectivity index (χ3n) is 5.64. The summed E-state index contributed by atoms with van der Waals surface area (Å²) >= 11 is 1.73. The fourth-order valence-corrected chi connectivity index (χ4v) is 4.91. The van der Waals surface area contributed by atoms with Crippen LogP contribution in [0.5, 0.6) is 0 Å². The molecule has 1 amide bonds. The Morgan fingerprint density at radius 2 is 1.81 bits per heavy atom. The van der Waals surface area contributed by atoms with Crippen LogP contribution in [0.25, 0.3) is 11.3 Å². The summed E-state index contributed by atoms with van der Waals surface area (Å²) in [6.07, 6.45) is 5.89. The minimum atomic E-state index is 0.372. The van der Waals surface area contributed by atoms with Crippen LogP contribution in [0, 0.1) is 5.92 Å². The fourth-order valence-electron chi connectivity index (χ4n) is 4.06. The van der Waals surface area contributed by atoms with Crippen molar-refractivity contribution in [3.8, 4) is 11.3 Å². The molecule has 1 aliphatic carbocycles. The van der Waals surface area contributed by atoms with E-state index in [1.165, 1.54) is 31.2 Å². The molecule has 0 atom stereocenters. The standard InChI is InChI=1S/C21H27N3OS/c25-21(14-17-6-4-5-7-17)24-12-10-23(11-13-24)15-20-22-19(16-26-20)18-8-2-1-3-9-18/h1-3,8-9,16-17H,4-7,10-15H2. The molecule has 2 aromatic rings. The average Bonchev–Trinajstić information content (AvgIpc) is 3.35. The van der Waals surface area contributed by atoms with Crippen molar-refractivity contribution < 1.29 is 4.79 Å². The molecule has 1 aliphatic heterocycles. The largest absolute Gasteiger partial charge is 0.340 e. The molecular formula is C21H27N3OS. The predicted octanol–water partition coefficient (Wildman–Crippen LogP) is 4.03. The second-order valence-electron chi connectivity index (χ2n) is 7.50. The summed E-state index contributed by atoms with van der Waals surface area (Å²) in [5.74, 6) is 1.02. The maximum absolute atomic E-state index is 12.5. The molecular weight excluding hydrogens is 342 g/mol. The molecule has 4 rings (SSSR count). The molecule has 5 heteroatoms. The maximum Gasteiger partial charge on any atom is 0.222 e. The minimum Gasteiger partial charge on any atom is -0.340 e. The molecule has 0 N–H and O–H groups in total. The molecule has 2 aliphatic rings. The van der Waals surface area contributed by atoms with Crippen molar-refractivity contribution in [2.45, 2.75) is 38.6 Å². The Morgan fingerprint density at radius 3 is 2.54 bits per heavy atom. The Balaban J connectivity index is 1.26. The van der Waals surface area contributed by atoms with Crippen LogP contribution in [0.3, 0.4) is 0 Å². The number of rotatable bonds is 5. The lowest BCUT2D eigenvalue weighted by molar-refractivity contribution is -0.134. The van der Waals surface area contributed by atoms with E-state index in [0.717, 1.165) is 49.8 Å². The molecule has 1 aromatic carbocycles. The number of piperazine rings is 1. The Hall–Kier alpha value is -1.72. The number of nitrogens with zero attached hydrogens (tertiary/aromatic N) is 3. The molecule has 0 bridgehead atoms. The van der Waals surface area contributed by atoms with E-state index in [2.05, 4.69) is 39.4 Å². The van der Waals surface area contributed by atoms with Gasteiger partial charge < -0.3 is 4.90 Å². The summed E-state index contributed by atoms with van der Waals surface area (Å²) in [7, 11) is 0. The summed E-state index contributed by atoms with van der Waals surface area (Å²) < 4.78 is 0. The van der Waals surface area contributed by atoms with Crippen molar-refractivity contribution in [2.24, 2.45) is 5.92 Å². The zero-order valence-electron chi connectivity index (χ0n) is 15.3. The van der Waals surface area contributed by atoms with Gasteiger partial charge in [-0.05, 0) is 18.8 Å². The van der Waals surface area contributed by atoms with Gasteiger partial charge >= 0.3 is 0 Å². The van der Waals surface area contributed by atoms with E-state index in [1.54, 1.807) is 11.3 Å². The molecule has 1 aromatic heterocycles. The summed E-state index contributed by atoms with van der Waals surface area (Å²) in [6, 6.07) is 10.3. The molecule has 4 nitrogen and oxygen atoms in total. The molecule has 26 heavy (non-hydrogen) atoms. The zero-order valence-corrected chi connectivity index (χ0v) is 16.1. The number of hydrogen-bond donors (Lipinski definition) is 0. The summed E-state index contributed by atoms with van der Waals surface area (Å²) in [5.41, 5.74) is 2.24. The highest BCUT2D eigenvalue weighted by molar-refractivity contribution is 7.09. The van der Waals surface area contributed by atoms with Crippen molar-refractivity contribution in [1.29, 1.82) is 0 Å². The number of thiazole rings is 1. The van der Waals surface area contributed by atoms with Gasteiger partial charge in [-0.3, -0.25) is 9.69 Å². The highest BCUT2D eigenvalue weighted by Crippen LogP contribution is 2.28. The van der Waals surface area contributed by atoms with Crippen LogP contribution < -0.4 is 0 Å². The van der Waals surface area contributed by atoms with E-state index in [1.807, 2.05) is 6.07 Å². The first-order valence-electron chi connectivity index (χ1n) is 9.78. The normalized spacial score (nSPS) is 19.2. The first-order chi connectivity index (χ1) is 12.8. The van der Waals surface area contributed by atoms with Gasteiger partial charge in [0.15, 0.2) is 0 Å². The van der Waals surface area contributed by atoms with Crippen molar-refractivity contribution in [1.82, 2.24) is 14.8 Å². The molecule has 0 unspecified atom stereocenters. The van der Waals surface area contributed by atoms with Gasteiger partial charge in [0.2, 0.25) is 5.91 Å². The van der Waals surface area contributed by atoms with Gasteiger partial charge in [-0.2, -0.15) is 0 Å². The number of aromatic nitrogens is 1. The van der Waals surface area contributed by atoms with Gasteiger partial charge in [-0.15, -0.1) is 11.3 Å². The van der Waals surface area contributed by atoms with Gasteiger partial charge in [-0.25, -0.2) is 4.98 Å². The van der Waals surface area contributed by atoms with E-state index in [-0.39, 0.29) is 0 Å². The Morgan fingerprint density at radius 1 is 1.08 bits per heavy atom. The van der Waals surface area contributed by atoms with E-state index >= 15 is 0 Å². The van der Waals surface area contributed by atoms with Crippen molar-refractivity contribution in [3.05, 3.63) is 40.7 Å². The molecule has 0 spiro atoms. The monoisotopic (exact) mass is 369 g/mol. The number of hydrogen-bond acceptors (Lipinski definition) is 4. The molecule has 1 saturated carbocycles. The van der Waals surface area contributed by atoms with Crippen LogP contribution in [-0.4, -0.2) is 46.9 Å². The van der Waals surface area contributed by atoms with Gasteiger partial charge in [0.25, 0.3) is 0 Å². The topological polar surface area (TPSA) is 36.4 Å². The van der Waals surface area contributed by atoms with Crippen molar-refractivity contribution in [3.63, 3.8) is 0 Å². The van der Waals surface area contributed by atoms with E-state index in [4.69, 9.17) is 4.98 Å². The summed E-state index contributed by atoms with van der Waals surface area (Å²) in [4.78, 5) is 21.8. The van der Waals surface area contributed by atoms with Crippen molar-refractivity contribution in [2.75, 3.05) is 26.2 Å². The smallest absolute Gasteiger partial charge is 0.222 e. The Bertz CT molecular complexity index is 716. The van der Waals surface area contributed by atoms with Gasteiger partial charge in [0.1, 0.15) is 5.01 Å². The molecule has 0 radical (unpaired) electrons. The second kappa shape index (κ2) is 8.31. The first-order valence-corrected chi connectivity index (χ1v) is 10.7. The lowest BCUT2D eigenvalue weighted by Gasteiger charge is -2.34. The van der Waals surface area contributed by atoms with E-state index < -0.39 is 0 Å². The van der Waals surface area contributed by atoms with E-state index in [9.17, 15) is 4.79 Å². The predicted molar refractivity (Wildman–Crippen MR) is 106 cm³/mol. The fraction of sp³-hybridized carbons (Fsp3) is 0.524. The third kappa shape index (κ3) is 4.33. The van der Waals surface area contributed by atoms with Crippen molar-refractivity contribution >= 4 is 17.2 Å². The Kier molecular flexibility index (Phi) is 5.65. The second-order valence-corrected chi connectivity index (χ2v) is 8.45. The molecule has 138 valence electrons. The summed E-state index contributed by atoms with van der Waals surface area (Å²) in [6.45, 7) is 4.53. The Labute approximate surface area is 159 Å². The van der Waals surface area contributed by atoms with Gasteiger partial charge in [0, 0.05) is 43.5 Å². The lowest BCUT2D eigenvalue weighted by atomic mass is 10.0. The van der Waals surface area contributed by atoms with Gasteiger partial charge in [-0.1, -0.05) is 43.2 Å². The van der Waals surface area contributed by atoms with E-state index in [0.29, 0.717) is 11.8 Å². The maximum atomic E-state index is 12.5. The molecule has 1 saturated heterocycles. The van der Waals surface area contributed by atoms with Crippen LogP contribution in [0.2, 0.25) is 0 Å². The average molecular weight is 370 g/mol. The zero-order chi connectivity index (χ0) is 17.8. The number of carbonyl (C=O) groups excluding carboxylic acids is 1. The molecule has 2 heterocycles.